The highest BCUT2D eigenvalue weighted by Crippen LogP contribution is 2.50. The largest absolute Gasteiger partial charge is 0.493 e. The third-order valence-corrected chi connectivity index (χ3v) is 5.84. The molecule has 2 aliphatic rings. The van der Waals surface area contributed by atoms with Crippen LogP contribution in [0.5, 0.6) is 11.5 Å². The Morgan fingerprint density at radius 1 is 0.966 bits per heavy atom. The highest BCUT2D eigenvalue weighted by atomic mass is 35.5. The van der Waals surface area contributed by atoms with Gasteiger partial charge in [0, 0.05) is 27.6 Å². The van der Waals surface area contributed by atoms with Crippen LogP contribution in [0, 0.1) is 0 Å². The zero-order valence-corrected chi connectivity index (χ0v) is 17.2. The number of hydrazone groups is 1. The Kier molecular flexibility index (Phi) is 4.61. The SMILES string of the molecule is COc1cccc2c1O[C@H](c1ccc(Cl)cc1)N1N=C(c3ccc(Cl)cc3)C[C@@H]21. The summed E-state index contributed by atoms with van der Waals surface area (Å²) in [7, 11) is 1.66. The lowest BCUT2D eigenvalue weighted by Gasteiger charge is -2.38. The zero-order valence-electron chi connectivity index (χ0n) is 15.7. The second-order valence-electron chi connectivity index (χ2n) is 7.05. The Morgan fingerprint density at radius 3 is 2.34 bits per heavy atom. The fraction of sp³-hybridized carbons (Fsp3) is 0.174. The molecule has 0 bridgehead atoms. The van der Waals surface area contributed by atoms with Crippen molar-refractivity contribution in [2.75, 3.05) is 7.11 Å². The maximum Gasteiger partial charge on any atom is 0.214 e. The molecule has 0 aliphatic carbocycles. The Bertz CT molecular complexity index is 1080. The van der Waals surface area contributed by atoms with E-state index >= 15 is 0 Å². The quantitative estimate of drug-likeness (QED) is 0.498. The van der Waals surface area contributed by atoms with Crippen molar-refractivity contribution in [3.05, 3.63) is 93.5 Å². The van der Waals surface area contributed by atoms with E-state index in [1.165, 1.54) is 0 Å². The highest BCUT2D eigenvalue weighted by molar-refractivity contribution is 6.30. The smallest absolute Gasteiger partial charge is 0.214 e. The van der Waals surface area contributed by atoms with Gasteiger partial charge in [0.25, 0.3) is 0 Å². The molecule has 29 heavy (non-hydrogen) atoms. The van der Waals surface area contributed by atoms with E-state index in [4.69, 9.17) is 37.8 Å². The number of rotatable bonds is 3. The van der Waals surface area contributed by atoms with Gasteiger partial charge in [0.1, 0.15) is 0 Å². The maximum atomic E-state index is 6.43. The number of nitrogens with zero attached hydrogens (tertiary/aromatic N) is 2. The van der Waals surface area contributed by atoms with E-state index in [9.17, 15) is 0 Å². The molecule has 0 N–H and O–H groups in total. The first kappa shape index (κ1) is 18.3. The van der Waals surface area contributed by atoms with Crippen molar-refractivity contribution in [3.63, 3.8) is 0 Å². The number of hydrogen-bond donors (Lipinski definition) is 0. The molecule has 2 aliphatic heterocycles. The van der Waals surface area contributed by atoms with E-state index in [2.05, 4.69) is 6.07 Å². The summed E-state index contributed by atoms with van der Waals surface area (Å²) in [5.41, 5.74) is 4.12. The second kappa shape index (κ2) is 7.29. The Balaban J connectivity index is 1.61. The average Bonchev–Trinajstić information content (AvgIpc) is 3.19. The molecule has 0 saturated heterocycles. The lowest BCUT2D eigenvalue weighted by atomic mass is 9.95. The van der Waals surface area contributed by atoms with Crippen LogP contribution in [0.1, 0.15) is 35.4 Å². The topological polar surface area (TPSA) is 34.1 Å². The fourth-order valence-corrected chi connectivity index (χ4v) is 4.16. The second-order valence-corrected chi connectivity index (χ2v) is 7.93. The molecule has 5 rings (SSSR count). The molecular formula is C23H18Cl2N2O2. The maximum absolute atomic E-state index is 6.43. The molecule has 4 nitrogen and oxygen atoms in total. The predicted molar refractivity (Wildman–Crippen MR) is 115 cm³/mol. The Labute approximate surface area is 179 Å². The molecule has 2 atom stereocenters. The average molecular weight is 425 g/mol. The van der Waals surface area contributed by atoms with E-state index in [0.29, 0.717) is 10.0 Å². The van der Waals surface area contributed by atoms with E-state index < -0.39 is 0 Å². The summed E-state index contributed by atoms with van der Waals surface area (Å²) in [5, 5.41) is 8.39. The number of benzene rings is 3. The number of halogens is 2. The lowest BCUT2D eigenvalue weighted by Crippen LogP contribution is -2.33. The van der Waals surface area contributed by atoms with Crippen molar-refractivity contribution in [1.82, 2.24) is 5.01 Å². The molecule has 2 heterocycles. The zero-order chi connectivity index (χ0) is 20.0. The number of ether oxygens (including phenoxy) is 2. The van der Waals surface area contributed by atoms with Crippen LogP contribution in [0.15, 0.2) is 71.8 Å². The van der Waals surface area contributed by atoms with Crippen LogP contribution < -0.4 is 9.47 Å². The third kappa shape index (κ3) is 3.22. The van der Waals surface area contributed by atoms with E-state index in [0.717, 1.165) is 40.3 Å². The van der Waals surface area contributed by atoms with Crippen LogP contribution in [0.4, 0.5) is 0 Å². The third-order valence-electron chi connectivity index (χ3n) is 5.33. The van der Waals surface area contributed by atoms with Gasteiger partial charge in [0.05, 0.1) is 18.9 Å². The molecule has 0 saturated carbocycles. The van der Waals surface area contributed by atoms with E-state index in [1.807, 2.05) is 65.7 Å². The summed E-state index contributed by atoms with van der Waals surface area (Å²) in [6.07, 6.45) is 0.403. The molecule has 146 valence electrons. The van der Waals surface area contributed by atoms with Crippen molar-refractivity contribution in [2.45, 2.75) is 18.7 Å². The number of methoxy groups -OCH3 is 1. The van der Waals surface area contributed by atoms with Gasteiger partial charge in [-0.1, -0.05) is 59.6 Å². The van der Waals surface area contributed by atoms with Crippen molar-refractivity contribution < 1.29 is 9.47 Å². The monoisotopic (exact) mass is 424 g/mol. The van der Waals surface area contributed by atoms with Gasteiger partial charge in [-0.3, -0.25) is 0 Å². The molecule has 3 aromatic carbocycles. The minimum atomic E-state index is -0.370. The van der Waals surface area contributed by atoms with Gasteiger partial charge in [0.15, 0.2) is 11.5 Å². The highest BCUT2D eigenvalue weighted by Gasteiger charge is 2.42. The van der Waals surface area contributed by atoms with Crippen LogP contribution in [0.25, 0.3) is 0 Å². The van der Waals surface area contributed by atoms with Crippen molar-refractivity contribution >= 4 is 28.9 Å². The molecule has 0 unspecified atom stereocenters. The predicted octanol–water partition coefficient (Wildman–Crippen LogP) is 6.24. The van der Waals surface area contributed by atoms with Crippen molar-refractivity contribution in [2.24, 2.45) is 5.10 Å². The van der Waals surface area contributed by atoms with Crippen LogP contribution in [0.3, 0.4) is 0 Å². The van der Waals surface area contributed by atoms with Crippen LogP contribution >= 0.6 is 23.2 Å². The summed E-state index contributed by atoms with van der Waals surface area (Å²) in [6.45, 7) is 0. The normalized spacial score (nSPS) is 19.8. The molecule has 3 aromatic rings. The number of hydrogen-bond acceptors (Lipinski definition) is 4. The first-order valence-electron chi connectivity index (χ1n) is 9.35. The summed E-state index contributed by atoms with van der Waals surface area (Å²) in [6, 6.07) is 21.5. The molecule has 0 aromatic heterocycles. The molecule has 0 spiro atoms. The molecule has 6 heteroatoms. The van der Waals surface area contributed by atoms with Gasteiger partial charge in [0.2, 0.25) is 6.23 Å². The Hall–Kier alpha value is -2.69. The van der Waals surface area contributed by atoms with Gasteiger partial charge in [-0.15, -0.1) is 0 Å². The van der Waals surface area contributed by atoms with Crippen LogP contribution in [0.2, 0.25) is 10.0 Å². The lowest BCUT2D eigenvalue weighted by molar-refractivity contribution is -0.0208. The van der Waals surface area contributed by atoms with Gasteiger partial charge in [-0.25, -0.2) is 5.01 Å². The minimum absolute atomic E-state index is 0.0557. The van der Waals surface area contributed by atoms with Crippen LogP contribution in [-0.2, 0) is 0 Å². The summed E-state index contributed by atoms with van der Waals surface area (Å²) in [4.78, 5) is 0. The van der Waals surface area contributed by atoms with Crippen molar-refractivity contribution in [1.29, 1.82) is 0 Å². The first-order valence-corrected chi connectivity index (χ1v) is 10.1. The van der Waals surface area contributed by atoms with E-state index in [-0.39, 0.29) is 12.3 Å². The molecular weight excluding hydrogens is 407 g/mol. The molecule has 0 fully saturated rings. The van der Waals surface area contributed by atoms with Gasteiger partial charge in [-0.2, -0.15) is 5.10 Å². The van der Waals surface area contributed by atoms with Crippen LogP contribution in [-0.4, -0.2) is 17.8 Å². The molecule has 0 amide bonds. The Morgan fingerprint density at radius 2 is 1.66 bits per heavy atom. The summed E-state index contributed by atoms with van der Waals surface area (Å²) >= 11 is 12.2. The molecule has 0 radical (unpaired) electrons. The number of para-hydroxylation sites is 1. The summed E-state index contributed by atoms with van der Waals surface area (Å²) < 4.78 is 12.0. The van der Waals surface area contributed by atoms with Gasteiger partial charge in [-0.05, 0) is 35.9 Å². The summed E-state index contributed by atoms with van der Waals surface area (Å²) in [5.74, 6) is 1.49. The first-order chi connectivity index (χ1) is 14.1. The van der Waals surface area contributed by atoms with Gasteiger partial charge < -0.3 is 9.47 Å². The number of fused-ring (bicyclic) bond motifs is 3. The minimum Gasteiger partial charge on any atom is -0.493 e. The van der Waals surface area contributed by atoms with Crippen molar-refractivity contribution in [3.8, 4) is 11.5 Å². The standard InChI is InChI=1S/C23H18Cl2N2O2/c1-28-21-4-2-3-18-20-13-19(14-5-9-16(24)10-6-14)26-27(20)23(29-22(18)21)15-7-11-17(25)12-8-15/h2-12,20,23H,13H2,1H3/t20-,23+/m0/s1. The van der Waals surface area contributed by atoms with Gasteiger partial charge >= 0.3 is 0 Å². The fourth-order valence-electron chi connectivity index (χ4n) is 3.91. The van der Waals surface area contributed by atoms with E-state index in [1.54, 1.807) is 7.11 Å².